The Kier molecular flexibility index (Phi) is 5.11. The van der Waals surface area contributed by atoms with Crippen molar-refractivity contribution in [3.05, 3.63) is 44.6 Å². The van der Waals surface area contributed by atoms with Crippen LogP contribution in [-0.4, -0.2) is 30.8 Å². The molecule has 5 nitrogen and oxygen atoms in total. The summed E-state index contributed by atoms with van der Waals surface area (Å²) in [5.74, 6) is 2.61. The van der Waals surface area contributed by atoms with Gasteiger partial charge in [0.1, 0.15) is 18.1 Å². The van der Waals surface area contributed by atoms with Gasteiger partial charge in [-0.2, -0.15) is 0 Å². The van der Waals surface area contributed by atoms with E-state index >= 15 is 0 Å². The summed E-state index contributed by atoms with van der Waals surface area (Å²) in [6, 6.07) is 5.50. The molecule has 1 fully saturated rings. The number of ether oxygens (including phenoxy) is 2. The van der Waals surface area contributed by atoms with Crippen LogP contribution in [0.4, 0.5) is 0 Å². The third-order valence-electron chi connectivity index (χ3n) is 6.41. The second kappa shape index (κ2) is 7.33. The molecule has 0 unspecified atom stereocenters. The quantitative estimate of drug-likeness (QED) is 0.716. The minimum Gasteiger partial charge on any atom is -0.496 e. The second-order valence-electron chi connectivity index (χ2n) is 8.81. The summed E-state index contributed by atoms with van der Waals surface area (Å²) in [4.78, 5) is 15.1. The fourth-order valence-corrected chi connectivity index (χ4v) is 5.90. The van der Waals surface area contributed by atoms with Crippen LogP contribution in [0.5, 0.6) is 11.5 Å². The van der Waals surface area contributed by atoms with Crippen LogP contribution in [0.25, 0.3) is 0 Å². The van der Waals surface area contributed by atoms with Gasteiger partial charge in [0.25, 0.3) is 5.91 Å². The summed E-state index contributed by atoms with van der Waals surface area (Å²) in [6.45, 7) is 9.11. The van der Waals surface area contributed by atoms with Crippen LogP contribution < -0.4 is 14.8 Å². The van der Waals surface area contributed by atoms with Gasteiger partial charge in [0, 0.05) is 23.1 Å². The van der Waals surface area contributed by atoms with Gasteiger partial charge < -0.3 is 19.9 Å². The van der Waals surface area contributed by atoms with Gasteiger partial charge in [-0.25, -0.2) is 0 Å². The lowest BCUT2D eigenvalue weighted by Crippen LogP contribution is -2.23. The topological polar surface area (TPSA) is 67.8 Å². The van der Waals surface area contributed by atoms with Gasteiger partial charge >= 0.3 is 0 Å². The van der Waals surface area contributed by atoms with Gasteiger partial charge in [0.15, 0.2) is 0 Å². The van der Waals surface area contributed by atoms with Crippen molar-refractivity contribution in [3.8, 4) is 11.5 Å². The molecule has 1 amide bonds. The molecule has 2 N–H and O–H groups in total. The summed E-state index contributed by atoms with van der Waals surface area (Å²) in [5, 5.41) is 12.4. The van der Waals surface area contributed by atoms with E-state index in [1.807, 2.05) is 12.1 Å². The van der Waals surface area contributed by atoms with Crippen LogP contribution in [0.3, 0.4) is 0 Å². The summed E-state index contributed by atoms with van der Waals surface area (Å²) in [7, 11) is 1.60. The highest BCUT2D eigenvalue weighted by atomic mass is 32.1. The Balaban J connectivity index is 1.45. The number of carbonyl (C=O) groups excluding carboxylic acids is 1. The Bertz CT molecular complexity index is 947. The molecule has 29 heavy (non-hydrogen) atoms. The van der Waals surface area contributed by atoms with Crippen LogP contribution >= 0.6 is 11.3 Å². The molecule has 1 aromatic heterocycles. The molecule has 2 aliphatic carbocycles. The Morgan fingerprint density at radius 3 is 2.86 bits per heavy atom. The number of aliphatic hydroxyl groups is 1. The highest BCUT2D eigenvalue weighted by molar-refractivity contribution is 7.14. The fraction of sp³-hybridized carbons (Fsp3) is 0.522. The first-order valence-electron chi connectivity index (χ1n) is 10.1. The Morgan fingerprint density at radius 1 is 1.41 bits per heavy atom. The lowest BCUT2D eigenvalue weighted by atomic mass is 9.95. The van der Waals surface area contributed by atoms with E-state index in [0.717, 1.165) is 16.9 Å². The predicted molar refractivity (Wildman–Crippen MR) is 114 cm³/mol. The van der Waals surface area contributed by atoms with E-state index in [1.165, 1.54) is 16.0 Å². The van der Waals surface area contributed by atoms with Gasteiger partial charge in [-0.15, -0.1) is 11.3 Å². The second-order valence-corrected chi connectivity index (χ2v) is 10.0. The number of hydrogen-bond donors (Lipinski definition) is 2. The standard InChI is InChI=1S/C23H29NO4S/c1-12(25)11-28-15-7-6-14(18(8-15)27-5)10-24-22(26)21-16-9-17-20(23(17,3)4)19(16)13(2)29-21/h6-8,12,17,20,25H,9-11H2,1-5H3,(H,24,26)/t12-,17-,20-/m1/s1. The molecule has 0 saturated heterocycles. The fourth-order valence-electron chi connectivity index (χ4n) is 4.75. The minimum atomic E-state index is -0.535. The molecule has 0 radical (unpaired) electrons. The maximum absolute atomic E-state index is 12.9. The largest absolute Gasteiger partial charge is 0.496 e. The van der Waals surface area contributed by atoms with Gasteiger partial charge in [0.05, 0.1) is 18.1 Å². The molecular formula is C23H29NO4S. The number of aryl methyl sites for hydroxylation is 1. The van der Waals surface area contributed by atoms with E-state index in [9.17, 15) is 9.90 Å². The van der Waals surface area contributed by atoms with Gasteiger partial charge in [-0.3, -0.25) is 4.79 Å². The number of benzene rings is 1. The third-order valence-corrected chi connectivity index (χ3v) is 7.58. The van der Waals surface area contributed by atoms with E-state index in [4.69, 9.17) is 9.47 Å². The number of methoxy groups -OCH3 is 1. The lowest BCUT2D eigenvalue weighted by Gasteiger charge is -2.14. The molecule has 6 heteroatoms. The molecule has 1 aromatic carbocycles. The number of nitrogens with one attached hydrogen (secondary N) is 1. The summed E-state index contributed by atoms with van der Waals surface area (Å²) < 4.78 is 11.0. The van der Waals surface area contributed by atoms with Crippen molar-refractivity contribution in [1.29, 1.82) is 0 Å². The summed E-state index contributed by atoms with van der Waals surface area (Å²) in [6.07, 6.45) is 0.492. The maximum atomic E-state index is 12.9. The van der Waals surface area contributed by atoms with Crippen LogP contribution in [0.2, 0.25) is 0 Å². The zero-order valence-corrected chi connectivity index (χ0v) is 18.5. The zero-order chi connectivity index (χ0) is 20.9. The molecule has 2 aromatic rings. The number of amides is 1. The van der Waals surface area contributed by atoms with E-state index in [0.29, 0.717) is 35.3 Å². The number of thiophene rings is 1. The molecule has 2 aliphatic rings. The SMILES string of the molecule is COc1cc(OC[C@@H](C)O)ccc1CNC(=O)c1sc(C)c2c1C[C@@H]1[C@H]2C1(C)C. The van der Waals surface area contributed by atoms with Crippen molar-refractivity contribution in [3.63, 3.8) is 0 Å². The Hall–Kier alpha value is -2.05. The van der Waals surface area contributed by atoms with Crippen molar-refractivity contribution in [2.24, 2.45) is 11.3 Å². The average molecular weight is 416 g/mol. The van der Waals surface area contributed by atoms with Crippen molar-refractivity contribution in [2.75, 3.05) is 13.7 Å². The smallest absolute Gasteiger partial charge is 0.261 e. The van der Waals surface area contributed by atoms with E-state index in [-0.39, 0.29) is 12.5 Å². The van der Waals surface area contributed by atoms with Gasteiger partial charge in [0.2, 0.25) is 0 Å². The van der Waals surface area contributed by atoms with E-state index in [1.54, 1.807) is 31.4 Å². The average Bonchev–Trinajstić information content (AvgIpc) is 3.02. The highest BCUT2D eigenvalue weighted by Gasteiger charge is 2.63. The van der Waals surface area contributed by atoms with Crippen LogP contribution in [-0.2, 0) is 13.0 Å². The van der Waals surface area contributed by atoms with Gasteiger partial charge in [-0.1, -0.05) is 13.8 Å². The van der Waals surface area contributed by atoms with E-state index < -0.39 is 6.10 Å². The molecule has 0 spiro atoms. The first kappa shape index (κ1) is 20.2. The molecule has 0 aliphatic heterocycles. The Morgan fingerprint density at radius 2 is 2.17 bits per heavy atom. The third kappa shape index (κ3) is 3.53. The Labute approximate surface area is 176 Å². The number of fused-ring (bicyclic) bond motifs is 3. The molecule has 1 heterocycles. The van der Waals surface area contributed by atoms with Crippen molar-refractivity contribution in [2.45, 2.75) is 52.7 Å². The van der Waals surface area contributed by atoms with Crippen LogP contribution in [0, 0.1) is 18.3 Å². The van der Waals surface area contributed by atoms with Crippen LogP contribution in [0.1, 0.15) is 57.9 Å². The molecule has 1 saturated carbocycles. The predicted octanol–water partition coefficient (Wildman–Crippen LogP) is 4.05. The normalized spacial score (nSPS) is 21.9. The molecule has 0 bridgehead atoms. The number of hydrogen-bond acceptors (Lipinski definition) is 5. The molecule has 4 rings (SSSR count). The zero-order valence-electron chi connectivity index (χ0n) is 17.7. The van der Waals surface area contributed by atoms with Gasteiger partial charge in [-0.05, 0) is 60.8 Å². The van der Waals surface area contributed by atoms with Crippen LogP contribution in [0.15, 0.2) is 18.2 Å². The molecule has 156 valence electrons. The first-order valence-corrected chi connectivity index (χ1v) is 10.9. The monoisotopic (exact) mass is 415 g/mol. The van der Waals surface area contributed by atoms with Crippen molar-refractivity contribution in [1.82, 2.24) is 5.32 Å². The number of aliphatic hydroxyl groups excluding tert-OH is 1. The number of rotatable bonds is 7. The van der Waals surface area contributed by atoms with E-state index in [2.05, 4.69) is 26.1 Å². The molecular weight excluding hydrogens is 386 g/mol. The summed E-state index contributed by atoms with van der Waals surface area (Å²) in [5.41, 5.74) is 3.98. The number of carbonyl (C=O) groups is 1. The summed E-state index contributed by atoms with van der Waals surface area (Å²) >= 11 is 1.63. The highest BCUT2D eigenvalue weighted by Crippen LogP contribution is 2.71. The van der Waals surface area contributed by atoms with Crippen molar-refractivity contribution < 1.29 is 19.4 Å². The lowest BCUT2D eigenvalue weighted by molar-refractivity contribution is 0.0953. The minimum absolute atomic E-state index is 0.00468. The maximum Gasteiger partial charge on any atom is 0.261 e. The molecule has 3 atom stereocenters. The van der Waals surface area contributed by atoms with Crippen molar-refractivity contribution >= 4 is 17.2 Å². The first-order chi connectivity index (χ1) is 13.7.